The Morgan fingerprint density at radius 3 is 2.96 bits per heavy atom. The van der Waals surface area contributed by atoms with E-state index in [0.29, 0.717) is 12.1 Å². The molecule has 0 unspecified atom stereocenters. The fraction of sp³-hybridized carbons (Fsp3) is 0.438. The van der Waals surface area contributed by atoms with Gasteiger partial charge in [-0.1, -0.05) is 18.5 Å². The van der Waals surface area contributed by atoms with E-state index < -0.39 is 5.56 Å². The van der Waals surface area contributed by atoms with Crippen molar-refractivity contribution in [3.63, 3.8) is 0 Å². The Morgan fingerprint density at radius 1 is 1.52 bits per heavy atom. The molecule has 1 aliphatic rings. The van der Waals surface area contributed by atoms with Crippen LogP contribution in [0.5, 0.6) is 0 Å². The van der Waals surface area contributed by atoms with Crippen LogP contribution in [0.4, 0.5) is 0 Å². The molecule has 23 heavy (non-hydrogen) atoms. The van der Waals surface area contributed by atoms with E-state index in [1.807, 2.05) is 12.4 Å². The fourth-order valence-electron chi connectivity index (χ4n) is 2.68. The maximum atomic E-state index is 12.2. The quantitative estimate of drug-likeness (QED) is 0.848. The first-order valence-electron chi connectivity index (χ1n) is 7.69. The summed E-state index contributed by atoms with van der Waals surface area (Å²) < 4.78 is 2.16. The lowest BCUT2D eigenvalue weighted by Gasteiger charge is -2.18. The zero-order chi connectivity index (χ0) is 16.4. The Balaban J connectivity index is 1.62. The van der Waals surface area contributed by atoms with Gasteiger partial charge in [0.1, 0.15) is 10.8 Å². The van der Waals surface area contributed by atoms with Crippen LogP contribution in [0.3, 0.4) is 0 Å². The third kappa shape index (κ3) is 3.47. The van der Waals surface area contributed by atoms with Crippen molar-refractivity contribution in [1.29, 1.82) is 0 Å². The first kappa shape index (κ1) is 15.8. The van der Waals surface area contributed by atoms with Crippen LogP contribution >= 0.6 is 11.6 Å². The molecule has 1 saturated carbocycles. The number of nitrogens with one attached hydrogen (secondary N) is 2. The molecule has 2 N–H and O–H groups in total. The number of carbonyl (C=O) groups is 1. The van der Waals surface area contributed by atoms with Crippen molar-refractivity contribution in [3.8, 4) is 0 Å². The predicted molar refractivity (Wildman–Crippen MR) is 87.7 cm³/mol. The Hall–Kier alpha value is -2.08. The highest BCUT2D eigenvalue weighted by Gasteiger charge is 2.43. The van der Waals surface area contributed by atoms with Crippen molar-refractivity contribution >= 4 is 17.5 Å². The maximum Gasteiger partial charge on any atom is 0.266 e. The van der Waals surface area contributed by atoms with E-state index in [2.05, 4.69) is 26.8 Å². The lowest BCUT2D eigenvalue weighted by molar-refractivity contribution is 0.0942. The van der Waals surface area contributed by atoms with E-state index in [4.69, 9.17) is 11.6 Å². The number of hydrogen-bond acceptors (Lipinski definition) is 3. The summed E-state index contributed by atoms with van der Waals surface area (Å²) in [5.74, 6) is 0.839. The summed E-state index contributed by atoms with van der Waals surface area (Å²) in [6, 6.07) is 1.39. The zero-order valence-corrected chi connectivity index (χ0v) is 13.7. The lowest BCUT2D eigenvalue weighted by atomic mass is 10.1. The second-order valence-corrected chi connectivity index (χ2v) is 6.48. The molecule has 0 atom stereocenters. The van der Waals surface area contributed by atoms with Gasteiger partial charge in [-0.25, -0.2) is 4.98 Å². The third-order valence-corrected chi connectivity index (χ3v) is 4.61. The molecule has 1 fully saturated rings. The molecule has 2 aromatic heterocycles. The molecule has 2 aromatic rings. The van der Waals surface area contributed by atoms with E-state index in [0.717, 1.165) is 31.6 Å². The van der Waals surface area contributed by atoms with Gasteiger partial charge in [-0.3, -0.25) is 9.59 Å². The number of imidazole rings is 1. The second-order valence-electron chi connectivity index (χ2n) is 6.07. The van der Waals surface area contributed by atoms with Crippen LogP contribution in [0.15, 0.2) is 29.5 Å². The van der Waals surface area contributed by atoms with Crippen molar-refractivity contribution in [2.24, 2.45) is 5.41 Å². The Labute approximate surface area is 138 Å². The van der Waals surface area contributed by atoms with Gasteiger partial charge in [-0.05, 0) is 18.9 Å². The number of nitrogens with zero attached hydrogens (tertiary/aromatic N) is 2. The molecule has 0 aliphatic heterocycles. The molecule has 1 aliphatic carbocycles. The average molecular weight is 335 g/mol. The average Bonchev–Trinajstić information content (AvgIpc) is 3.16. The molecule has 1 amide bonds. The first-order valence-corrected chi connectivity index (χ1v) is 8.07. The van der Waals surface area contributed by atoms with Crippen molar-refractivity contribution in [3.05, 3.63) is 51.4 Å². The number of aromatic amines is 1. The summed E-state index contributed by atoms with van der Waals surface area (Å²) in [6.07, 6.45) is 8.25. The van der Waals surface area contributed by atoms with Gasteiger partial charge in [-0.15, -0.1) is 0 Å². The number of H-pyrrole nitrogens is 1. The van der Waals surface area contributed by atoms with Gasteiger partial charge in [0, 0.05) is 43.5 Å². The minimum absolute atomic E-state index is 0.0183. The van der Waals surface area contributed by atoms with Gasteiger partial charge in [0.15, 0.2) is 0 Å². The standard InChI is InChI=1S/C16H19ClN4O2/c1-2-13-18-5-6-21(13)10-16(3-4-16)9-20-14(22)11-7-12(17)15(23)19-8-11/h5-8H,2-4,9-10H2,1H3,(H,19,23)(H,20,22). The van der Waals surface area contributed by atoms with E-state index in [1.165, 1.54) is 12.3 Å². The molecule has 3 rings (SSSR count). The summed E-state index contributed by atoms with van der Waals surface area (Å²) in [4.78, 5) is 30.2. The Kier molecular flexibility index (Phi) is 4.26. The van der Waals surface area contributed by atoms with Gasteiger partial charge >= 0.3 is 0 Å². The highest BCUT2D eigenvalue weighted by Crippen LogP contribution is 2.46. The predicted octanol–water partition coefficient (Wildman–Crippen LogP) is 2.00. The minimum atomic E-state index is -0.394. The molecule has 0 aromatic carbocycles. The molecular weight excluding hydrogens is 316 g/mol. The van der Waals surface area contributed by atoms with Crippen LogP contribution in [0.2, 0.25) is 5.02 Å². The maximum absolute atomic E-state index is 12.2. The molecule has 0 spiro atoms. The monoisotopic (exact) mass is 334 g/mol. The molecule has 122 valence electrons. The highest BCUT2D eigenvalue weighted by molar-refractivity contribution is 6.30. The Bertz CT molecular complexity index is 776. The van der Waals surface area contributed by atoms with E-state index in [1.54, 1.807) is 0 Å². The summed E-state index contributed by atoms with van der Waals surface area (Å²) in [6.45, 7) is 3.55. The number of carbonyl (C=O) groups excluding carboxylic acids is 1. The van der Waals surface area contributed by atoms with Crippen LogP contribution in [0.25, 0.3) is 0 Å². The van der Waals surface area contributed by atoms with Gasteiger partial charge < -0.3 is 14.9 Å². The number of halogens is 1. The molecule has 6 nitrogen and oxygen atoms in total. The van der Waals surface area contributed by atoms with Gasteiger partial charge in [0.2, 0.25) is 0 Å². The van der Waals surface area contributed by atoms with Crippen molar-refractivity contribution in [1.82, 2.24) is 19.9 Å². The van der Waals surface area contributed by atoms with E-state index >= 15 is 0 Å². The molecule has 0 radical (unpaired) electrons. The van der Waals surface area contributed by atoms with Crippen LogP contribution in [-0.2, 0) is 13.0 Å². The highest BCUT2D eigenvalue weighted by atomic mass is 35.5. The number of aromatic nitrogens is 3. The summed E-state index contributed by atoms with van der Waals surface area (Å²) >= 11 is 5.75. The van der Waals surface area contributed by atoms with Crippen molar-refractivity contribution < 1.29 is 4.79 Å². The molecule has 0 saturated heterocycles. The molecular formula is C16H19ClN4O2. The van der Waals surface area contributed by atoms with Crippen LogP contribution in [0.1, 0.15) is 35.9 Å². The minimum Gasteiger partial charge on any atom is -0.351 e. The van der Waals surface area contributed by atoms with Gasteiger partial charge in [0.05, 0.1) is 5.56 Å². The fourth-order valence-corrected chi connectivity index (χ4v) is 2.86. The van der Waals surface area contributed by atoms with Gasteiger partial charge in [0.25, 0.3) is 11.5 Å². The normalized spacial score (nSPS) is 15.4. The SMILES string of the molecule is CCc1nccn1CC1(CNC(=O)c2c[nH]c(=O)c(Cl)c2)CC1. The van der Waals surface area contributed by atoms with Crippen LogP contribution in [0, 0.1) is 5.41 Å². The van der Waals surface area contributed by atoms with Crippen molar-refractivity contribution in [2.75, 3.05) is 6.54 Å². The number of amides is 1. The number of rotatable bonds is 6. The smallest absolute Gasteiger partial charge is 0.266 e. The number of aryl methyl sites for hydroxylation is 1. The second kappa shape index (κ2) is 6.20. The zero-order valence-electron chi connectivity index (χ0n) is 12.9. The number of hydrogen-bond donors (Lipinski definition) is 2. The van der Waals surface area contributed by atoms with Gasteiger partial charge in [-0.2, -0.15) is 0 Å². The molecule has 0 bridgehead atoms. The van der Waals surface area contributed by atoms with E-state index in [-0.39, 0.29) is 16.3 Å². The van der Waals surface area contributed by atoms with Crippen LogP contribution in [-0.4, -0.2) is 27.0 Å². The summed E-state index contributed by atoms with van der Waals surface area (Å²) in [5, 5.41) is 2.96. The van der Waals surface area contributed by atoms with E-state index in [9.17, 15) is 9.59 Å². The third-order valence-electron chi connectivity index (χ3n) is 4.32. The summed E-state index contributed by atoms with van der Waals surface area (Å²) in [7, 11) is 0. The lowest BCUT2D eigenvalue weighted by Crippen LogP contribution is -2.33. The summed E-state index contributed by atoms with van der Waals surface area (Å²) in [5.41, 5.74) is 0.0723. The molecule has 2 heterocycles. The topological polar surface area (TPSA) is 79.8 Å². The van der Waals surface area contributed by atoms with Crippen molar-refractivity contribution in [2.45, 2.75) is 32.7 Å². The number of pyridine rings is 1. The largest absolute Gasteiger partial charge is 0.351 e. The first-order chi connectivity index (χ1) is 11.0. The van der Waals surface area contributed by atoms with Crippen LogP contribution < -0.4 is 10.9 Å². The Morgan fingerprint density at radius 2 is 2.30 bits per heavy atom. The molecule has 7 heteroatoms.